The maximum atomic E-state index is 13.4. The number of hydrogen-bond acceptors (Lipinski definition) is 4. The lowest BCUT2D eigenvalue weighted by atomic mass is 10.2. The topological polar surface area (TPSA) is 55.2 Å². The van der Waals surface area contributed by atoms with Gasteiger partial charge in [0.1, 0.15) is 0 Å². The van der Waals surface area contributed by atoms with Gasteiger partial charge in [-0.1, -0.05) is 60.3 Å². The molecule has 3 aromatic carbocycles. The second-order valence-corrected chi connectivity index (χ2v) is 8.64. The van der Waals surface area contributed by atoms with Crippen molar-refractivity contribution >= 4 is 34.3 Å². The van der Waals surface area contributed by atoms with Gasteiger partial charge in [-0.05, 0) is 49.7 Å². The molecule has 4 rings (SSSR count). The van der Waals surface area contributed by atoms with Crippen molar-refractivity contribution in [2.24, 2.45) is 0 Å². The Kier molecular flexibility index (Phi) is 5.91. The summed E-state index contributed by atoms with van der Waals surface area (Å²) in [5.74, 6) is -0.0602. The summed E-state index contributed by atoms with van der Waals surface area (Å²) in [6, 6.07) is 24.5. The Balaban J connectivity index is 1.78. The van der Waals surface area contributed by atoms with Crippen molar-refractivity contribution in [1.82, 2.24) is 9.55 Å². The first-order valence-electron chi connectivity index (χ1n) is 10.0. The van der Waals surface area contributed by atoms with Gasteiger partial charge >= 0.3 is 0 Å². The molecule has 1 amide bonds. The van der Waals surface area contributed by atoms with E-state index in [0.29, 0.717) is 16.1 Å². The molecular formula is C25H23N3O2S. The number of thioether (sulfide) groups is 1. The van der Waals surface area contributed by atoms with Crippen LogP contribution in [0.15, 0.2) is 88.8 Å². The molecule has 0 radical (unpaired) electrons. The highest BCUT2D eigenvalue weighted by molar-refractivity contribution is 8.00. The molecule has 1 aromatic heterocycles. The first kappa shape index (κ1) is 20.9. The maximum absolute atomic E-state index is 13.4. The Labute approximate surface area is 185 Å². The fourth-order valence-corrected chi connectivity index (χ4v) is 4.49. The molecule has 1 heterocycles. The highest BCUT2D eigenvalue weighted by Gasteiger charge is 2.23. The van der Waals surface area contributed by atoms with Gasteiger partial charge in [0.15, 0.2) is 5.16 Å². The largest absolute Gasteiger partial charge is 0.315 e. The minimum atomic E-state index is -0.437. The molecule has 0 spiro atoms. The van der Waals surface area contributed by atoms with Crippen LogP contribution in [0.3, 0.4) is 0 Å². The Morgan fingerprint density at radius 2 is 1.61 bits per heavy atom. The van der Waals surface area contributed by atoms with E-state index in [2.05, 4.69) is 0 Å². The van der Waals surface area contributed by atoms with Gasteiger partial charge in [0.2, 0.25) is 5.91 Å². The first-order chi connectivity index (χ1) is 15.0. The molecule has 0 saturated heterocycles. The Bertz CT molecular complexity index is 1300. The molecule has 0 bridgehead atoms. The molecular weight excluding hydrogens is 406 g/mol. The zero-order valence-corrected chi connectivity index (χ0v) is 18.5. The average molecular weight is 430 g/mol. The second kappa shape index (κ2) is 8.78. The van der Waals surface area contributed by atoms with Gasteiger partial charge in [-0.2, -0.15) is 0 Å². The molecule has 6 heteroatoms. The molecule has 5 nitrogen and oxygen atoms in total. The number of rotatable bonds is 5. The van der Waals surface area contributed by atoms with Crippen molar-refractivity contribution < 1.29 is 4.79 Å². The van der Waals surface area contributed by atoms with Crippen LogP contribution in [0.25, 0.3) is 16.6 Å². The van der Waals surface area contributed by atoms with Crippen LogP contribution < -0.4 is 10.5 Å². The van der Waals surface area contributed by atoms with E-state index in [9.17, 15) is 9.59 Å². The van der Waals surface area contributed by atoms with Gasteiger partial charge < -0.3 is 4.90 Å². The van der Waals surface area contributed by atoms with Gasteiger partial charge in [-0.3, -0.25) is 14.2 Å². The van der Waals surface area contributed by atoms with Crippen LogP contribution in [0, 0.1) is 6.92 Å². The number of fused-ring (bicyclic) bond motifs is 1. The van der Waals surface area contributed by atoms with Crippen molar-refractivity contribution in [2.45, 2.75) is 24.3 Å². The minimum Gasteiger partial charge on any atom is -0.315 e. The van der Waals surface area contributed by atoms with Crippen molar-refractivity contribution in [3.05, 3.63) is 94.8 Å². The zero-order chi connectivity index (χ0) is 22.0. The van der Waals surface area contributed by atoms with Crippen molar-refractivity contribution in [2.75, 3.05) is 11.9 Å². The highest BCUT2D eigenvalue weighted by Crippen LogP contribution is 2.28. The molecule has 0 fully saturated rings. The van der Waals surface area contributed by atoms with Crippen LogP contribution in [0.1, 0.15) is 12.5 Å². The summed E-state index contributed by atoms with van der Waals surface area (Å²) in [6.07, 6.45) is 0. The average Bonchev–Trinajstić information content (AvgIpc) is 2.80. The van der Waals surface area contributed by atoms with Crippen LogP contribution in [0.4, 0.5) is 5.69 Å². The summed E-state index contributed by atoms with van der Waals surface area (Å²) < 4.78 is 1.62. The molecule has 156 valence electrons. The van der Waals surface area contributed by atoms with Crippen LogP contribution in [0.2, 0.25) is 0 Å². The predicted molar refractivity (Wildman–Crippen MR) is 127 cm³/mol. The van der Waals surface area contributed by atoms with Gasteiger partial charge in [-0.15, -0.1) is 0 Å². The van der Waals surface area contributed by atoms with E-state index in [1.807, 2.05) is 86.6 Å². The van der Waals surface area contributed by atoms with Crippen LogP contribution in [-0.4, -0.2) is 27.8 Å². The van der Waals surface area contributed by atoms with E-state index in [4.69, 9.17) is 4.98 Å². The van der Waals surface area contributed by atoms with E-state index in [1.165, 1.54) is 11.8 Å². The van der Waals surface area contributed by atoms with Crippen LogP contribution >= 0.6 is 11.8 Å². The third kappa shape index (κ3) is 4.11. The fourth-order valence-electron chi connectivity index (χ4n) is 3.48. The lowest BCUT2D eigenvalue weighted by molar-refractivity contribution is -0.117. The molecule has 0 saturated carbocycles. The number of anilines is 1. The lowest BCUT2D eigenvalue weighted by Gasteiger charge is -2.22. The quantitative estimate of drug-likeness (QED) is 0.337. The van der Waals surface area contributed by atoms with Crippen molar-refractivity contribution in [3.63, 3.8) is 0 Å². The normalized spacial score (nSPS) is 12.0. The molecule has 0 aliphatic heterocycles. The van der Waals surface area contributed by atoms with Gasteiger partial charge in [0, 0.05) is 12.7 Å². The van der Waals surface area contributed by atoms with Crippen LogP contribution in [-0.2, 0) is 4.79 Å². The summed E-state index contributed by atoms with van der Waals surface area (Å²) in [5.41, 5.74) is 3.03. The zero-order valence-electron chi connectivity index (χ0n) is 17.6. The van der Waals surface area contributed by atoms with Gasteiger partial charge in [-0.25, -0.2) is 4.98 Å². The summed E-state index contributed by atoms with van der Waals surface area (Å²) in [7, 11) is 1.76. The monoisotopic (exact) mass is 429 g/mol. The SMILES string of the molecule is Cc1ccccc1-n1c(SC(C)C(=O)N(C)c2ccccc2)nc2ccccc2c1=O. The Morgan fingerprint density at radius 3 is 2.35 bits per heavy atom. The Morgan fingerprint density at radius 1 is 0.968 bits per heavy atom. The number of carbonyl (C=O) groups is 1. The third-order valence-electron chi connectivity index (χ3n) is 5.21. The molecule has 4 aromatic rings. The molecule has 0 aliphatic carbocycles. The second-order valence-electron chi connectivity index (χ2n) is 7.33. The van der Waals surface area contributed by atoms with E-state index in [1.54, 1.807) is 22.6 Å². The number of aryl methyl sites for hydroxylation is 1. The standard InChI is InChI=1S/C25H23N3O2S/c1-17-11-7-10-16-22(17)28-24(30)20-14-8-9-15-21(20)26-25(28)31-18(2)23(29)27(3)19-12-5-4-6-13-19/h4-16,18H,1-3H3. The van der Waals surface area contributed by atoms with E-state index >= 15 is 0 Å². The summed E-state index contributed by atoms with van der Waals surface area (Å²) >= 11 is 1.29. The molecule has 1 atom stereocenters. The van der Waals surface area contributed by atoms with E-state index < -0.39 is 5.25 Å². The van der Waals surface area contributed by atoms with E-state index in [-0.39, 0.29) is 11.5 Å². The minimum absolute atomic E-state index is 0.0602. The maximum Gasteiger partial charge on any atom is 0.266 e. The van der Waals surface area contributed by atoms with Crippen molar-refractivity contribution in [3.8, 4) is 5.69 Å². The smallest absolute Gasteiger partial charge is 0.266 e. The summed E-state index contributed by atoms with van der Waals surface area (Å²) in [4.78, 5) is 32.9. The molecule has 0 aliphatic rings. The predicted octanol–water partition coefficient (Wildman–Crippen LogP) is 4.84. The van der Waals surface area contributed by atoms with Gasteiger partial charge in [0.05, 0.1) is 21.8 Å². The third-order valence-corrected chi connectivity index (χ3v) is 6.25. The summed E-state index contributed by atoms with van der Waals surface area (Å²) in [6.45, 7) is 3.80. The summed E-state index contributed by atoms with van der Waals surface area (Å²) in [5, 5.41) is 0.615. The van der Waals surface area contributed by atoms with Crippen molar-refractivity contribution in [1.29, 1.82) is 0 Å². The molecule has 31 heavy (non-hydrogen) atoms. The first-order valence-corrected chi connectivity index (χ1v) is 10.9. The number of amides is 1. The number of benzene rings is 3. The number of para-hydroxylation sites is 3. The number of hydrogen-bond donors (Lipinski definition) is 0. The molecule has 1 unspecified atom stereocenters. The fraction of sp³-hybridized carbons (Fsp3) is 0.160. The van der Waals surface area contributed by atoms with Crippen LogP contribution in [0.5, 0.6) is 0 Å². The van der Waals surface area contributed by atoms with Gasteiger partial charge in [0.25, 0.3) is 5.56 Å². The molecule has 0 N–H and O–H groups in total. The Hall–Kier alpha value is -3.38. The number of aromatic nitrogens is 2. The highest BCUT2D eigenvalue weighted by atomic mass is 32.2. The number of carbonyl (C=O) groups excluding carboxylic acids is 1. The number of nitrogens with zero attached hydrogens (tertiary/aromatic N) is 3. The van der Waals surface area contributed by atoms with E-state index in [0.717, 1.165) is 16.9 Å². The lowest BCUT2D eigenvalue weighted by Crippen LogP contribution is -2.34.